The predicted octanol–water partition coefficient (Wildman–Crippen LogP) is 3.20. The summed E-state index contributed by atoms with van der Waals surface area (Å²) in [5.41, 5.74) is 0.708. The Hall–Kier alpha value is -1.91. The second-order valence-corrected chi connectivity index (χ2v) is 7.81. The highest BCUT2D eigenvalue weighted by Gasteiger charge is 2.35. The number of likely N-dealkylation sites (tertiary alicyclic amines) is 1. The van der Waals surface area contributed by atoms with E-state index in [1.54, 1.807) is 0 Å². The average molecular weight is 352 g/mol. The van der Waals surface area contributed by atoms with E-state index in [-0.39, 0.29) is 17.9 Å². The fourth-order valence-electron chi connectivity index (χ4n) is 4.57. The number of hydrogen-bond acceptors (Lipinski definition) is 3. The maximum Gasteiger partial charge on any atom is 0.251 e. The van der Waals surface area contributed by atoms with Crippen LogP contribution in [0.25, 0.3) is 10.8 Å². The van der Waals surface area contributed by atoms with Gasteiger partial charge in [-0.15, -0.1) is 0 Å². The van der Waals surface area contributed by atoms with Gasteiger partial charge in [-0.1, -0.05) is 55.7 Å². The third-order valence-corrected chi connectivity index (χ3v) is 6.08. The number of β-amino-alcohol motifs (C(OH)–C–C–N with tert-alkyl or cyclic N) is 1. The minimum Gasteiger partial charge on any atom is -0.391 e. The number of aliphatic hydroxyl groups is 1. The van der Waals surface area contributed by atoms with Crippen LogP contribution in [0.4, 0.5) is 0 Å². The van der Waals surface area contributed by atoms with E-state index in [4.69, 9.17) is 0 Å². The van der Waals surface area contributed by atoms with Crippen LogP contribution in [-0.2, 0) is 0 Å². The molecule has 1 saturated carbocycles. The van der Waals surface area contributed by atoms with Crippen molar-refractivity contribution in [2.45, 2.75) is 44.2 Å². The molecule has 0 aromatic heterocycles. The van der Waals surface area contributed by atoms with Crippen molar-refractivity contribution in [2.75, 3.05) is 19.6 Å². The smallest absolute Gasteiger partial charge is 0.251 e. The number of amides is 1. The summed E-state index contributed by atoms with van der Waals surface area (Å²) in [6.07, 6.45) is 6.12. The number of nitrogens with one attached hydrogen (secondary N) is 1. The predicted molar refractivity (Wildman–Crippen MR) is 104 cm³/mol. The van der Waals surface area contributed by atoms with Crippen molar-refractivity contribution in [1.82, 2.24) is 10.2 Å². The van der Waals surface area contributed by atoms with Gasteiger partial charge >= 0.3 is 0 Å². The molecule has 2 aromatic rings. The van der Waals surface area contributed by atoms with Gasteiger partial charge in [-0.05, 0) is 29.7 Å². The molecule has 2 atom stereocenters. The molecule has 138 valence electrons. The Morgan fingerprint density at radius 1 is 1.04 bits per heavy atom. The van der Waals surface area contributed by atoms with Gasteiger partial charge in [-0.2, -0.15) is 0 Å². The van der Waals surface area contributed by atoms with Crippen LogP contribution in [0.5, 0.6) is 0 Å². The maximum absolute atomic E-state index is 12.7. The largest absolute Gasteiger partial charge is 0.391 e. The Bertz CT molecular complexity index is 764. The molecule has 0 bridgehead atoms. The van der Waals surface area contributed by atoms with E-state index in [1.807, 2.05) is 42.5 Å². The van der Waals surface area contributed by atoms with Crippen LogP contribution in [-0.4, -0.2) is 47.7 Å². The fraction of sp³-hybridized carbons (Fsp3) is 0.500. The summed E-state index contributed by atoms with van der Waals surface area (Å²) >= 11 is 0. The van der Waals surface area contributed by atoms with Crippen LogP contribution >= 0.6 is 0 Å². The maximum atomic E-state index is 12.7. The molecule has 1 heterocycles. The summed E-state index contributed by atoms with van der Waals surface area (Å²) in [7, 11) is 0. The van der Waals surface area contributed by atoms with E-state index in [0.29, 0.717) is 18.2 Å². The van der Waals surface area contributed by atoms with Crippen molar-refractivity contribution >= 4 is 16.7 Å². The monoisotopic (exact) mass is 352 g/mol. The Morgan fingerprint density at radius 2 is 1.81 bits per heavy atom. The fourth-order valence-corrected chi connectivity index (χ4v) is 4.57. The summed E-state index contributed by atoms with van der Waals surface area (Å²) in [5, 5.41) is 15.6. The second kappa shape index (κ2) is 7.77. The van der Waals surface area contributed by atoms with Gasteiger partial charge in [-0.3, -0.25) is 9.69 Å². The number of carbonyl (C=O) groups is 1. The lowest BCUT2D eigenvalue weighted by atomic mass is 9.94. The van der Waals surface area contributed by atoms with E-state index >= 15 is 0 Å². The van der Waals surface area contributed by atoms with Crippen LogP contribution < -0.4 is 5.32 Å². The van der Waals surface area contributed by atoms with Gasteiger partial charge in [0.1, 0.15) is 0 Å². The van der Waals surface area contributed by atoms with E-state index in [2.05, 4.69) is 10.2 Å². The number of hydrogen-bond donors (Lipinski definition) is 2. The number of rotatable bonds is 4. The number of benzene rings is 2. The highest BCUT2D eigenvalue weighted by Crippen LogP contribution is 2.28. The third kappa shape index (κ3) is 3.62. The number of fused-ring (bicyclic) bond motifs is 1. The van der Waals surface area contributed by atoms with Crippen molar-refractivity contribution in [1.29, 1.82) is 0 Å². The summed E-state index contributed by atoms with van der Waals surface area (Å²) in [4.78, 5) is 15.1. The summed E-state index contributed by atoms with van der Waals surface area (Å²) < 4.78 is 0. The lowest BCUT2D eigenvalue weighted by Gasteiger charge is -2.30. The molecular weight excluding hydrogens is 324 g/mol. The van der Waals surface area contributed by atoms with E-state index < -0.39 is 0 Å². The molecule has 1 aliphatic heterocycles. The van der Waals surface area contributed by atoms with Gasteiger partial charge in [0.2, 0.25) is 0 Å². The molecule has 0 spiro atoms. The molecule has 1 saturated heterocycles. The number of nitrogens with zero attached hydrogens (tertiary/aromatic N) is 1. The van der Waals surface area contributed by atoms with Gasteiger partial charge < -0.3 is 10.4 Å². The Labute approximate surface area is 155 Å². The summed E-state index contributed by atoms with van der Waals surface area (Å²) in [5.74, 6) is 0.0703. The van der Waals surface area contributed by atoms with Crippen molar-refractivity contribution in [3.8, 4) is 0 Å². The lowest BCUT2D eigenvalue weighted by Crippen LogP contribution is -2.36. The third-order valence-electron chi connectivity index (χ3n) is 6.08. The minimum absolute atomic E-state index is 0.0508. The highest BCUT2D eigenvalue weighted by atomic mass is 16.3. The topological polar surface area (TPSA) is 52.6 Å². The molecule has 4 heteroatoms. The van der Waals surface area contributed by atoms with Crippen LogP contribution in [0.1, 0.15) is 42.5 Å². The summed E-state index contributed by atoms with van der Waals surface area (Å²) in [6, 6.07) is 14.4. The molecule has 2 aromatic carbocycles. The molecule has 4 rings (SSSR count). The Balaban J connectivity index is 1.38. The molecule has 1 aliphatic carbocycles. The Morgan fingerprint density at radius 3 is 2.65 bits per heavy atom. The van der Waals surface area contributed by atoms with E-state index in [1.165, 1.54) is 32.1 Å². The van der Waals surface area contributed by atoms with E-state index in [9.17, 15) is 9.90 Å². The zero-order chi connectivity index (χ0) is 17.9. The first-order chi connectivity index (χ1) is 12.7. The molecule has 4 nitrogen and oxygen atoms in total. The van der Waals surface area contributed by atoms with Gasteiger partial charge in [-0.25, -0.2) is 0 Å². The van der Waals surface area contributed by atoms with Crippen LogP contribution in [0.3, 0.4) is 0 Å². The highest BCUT2D eigenvalue weighted by molar-refractivity contribution is 6.06. The summed E-state index contributed by atoms with van der Waals surface area (Å²) in [6.45, 7) is 2.17. The van der Waals surface area contributed by atoms with E-state index in [0.717, 1.165) is 23.9 Å². The molecular formula is C22H28N2O2. The van der Waals surface area contributed by atoms with Crippen LogP contribution in [0.2, 0.25) is 0 Å². The van der Waals surface area contributed by atoms with Crippen molar-refractivity contribution in [2.24, 2.45) is 5.92 Å². The van der Waals surface area contributed by atoms with Crippen molar-refractivity contribution in [3.05, 3.63) is 48.0 Å². The molecule has 2 fully saturated rings. The number of carbonyl (C=O) groups excluding carboxylic acids is 1. The van der Waals surface area contributed by atoms with Crippen molar-refractivity contribution < 1.29 is 9.90 Å². The molecule has 2 unspecified atom stereocenters. The zero-order valence-electron chi connectivity index (χ0n) is 15.2. The first kappa shape index (κ1) is 17.5. The number of aliphatic hydroxyl groups excluding tert-OH is 1. The average Bonchev–Trinajstić information content (AvgIpc) is 3.07. The lowest BCUT2D eigenvalue weighted by molar-refractivity contribution is 0.0928. The molecule has 0 radical (unpaired) electrons. The Kier molecular flexibility index (Phi) is 5.23. The molecule has 1 amide bonds. The normalized spacial score (nSPS) is 24.8. The first-order valence-corrected chi connectivity index (χ1v) is 9.90. The quantitative estimate of drug-likeness (QED) is 0.888. The van der Waals surface area contributed by atoms with Gasteiger partial charge in [0, 0.05) is 37.2 Å². The van der Waals surface area contributed by atoms with Crippen LogP contribution in [0, 0.1) is 5.92 Å². The minimum atomic E-state index is -0.343. The SMILES string of the molecule is O=C(NCC1CN(C2CCCCC2)CC1O)c1cccc2ccccc12. The molecule has 26 heavy (non-hydrogen) atoms. The molecule has 2 N–H and O–H groups in total. The van der Waals surface area contributed by atoms with Crippen molar-refractivity contribution in [3.63, 3.8) is 0 Å². The van der Waals surface area contributed by atoms with Gasteiger partial charge in [0.15, 0.2) is 0 Å². The second-order valence-electron chi connectivity index (χ2n) is 7.81. The first-order valence-electron chi connectivity index (χ1n) is 9.90. The van der Waals surface area contributed by atoms with Gasteiger partial charge in [0.05, 0.1) is 6.10 Å². The standard InChI is InChI=1S/C22H28N2O2/c25-21-15-24(18-9-2-1-3-10-18)14-17(21)13-23-22(26)20-12-6-8-16-7-4-5-11-19(16)20/h4-8,11-12,17-18,21,25H,1-3,9-10,13-15H2,(H,23,26). The molecule has 2 aliphatic rings. The van der Waals surface area contributed by atoms with Crippen LogP contribution in [0.15, 0.2) is 42.5 Å². The van der Waals surface area contributed by atoms with Gasteiger partial charge in [0.25, 0.3) is 5.91 Å². The zero-order valence-corrected chi connectivity index (χ0v) is 15.2.